The smallest absolute Gasteiger partial charge is 0.278 e. The molecule has 7 nitrogen and oxygen atoms in total. The van der Waals surface area contributed by atoms with Gasteiger partial charge in [0, 0.05) is 18.2 Å². The van der Waals surface area contributed by atoms with Gasteiger partial charge in [0.25, 0.3) is 5.56 Å². The van der Waals surface area contributed by atoms with E-state index >= 15 is 0 Å². The Hall–Kier alpha value is -4.04. The van der Waals surface area contributed by atoms with Crippen molar-refractivity contribution in [2.75, 3.05) is 10.6 Å². The second kappa shape index (κ2) is 9.44. The van der Waals surface area contributed by atoms with Crippen LogP contribution in [0.1, 0.15) is 12.5 Å². The lowest BCUT2D eigenvalue weighted by Crippen LogP contribution is -2.30. The maximum Gasteiger partial charge on any atom is 0.278 e. The van der Waals surface area contributed by atoms with Crippen molar-refractivity contribution in [2.24, 2.45) is 0 Å². The first-order valence-electron chi connectivity index (χ1n) is 10.4. The highest BCUT2D eigenvalue weighted by atomic mass is 35.5. The van der Waals surface area contributed by atoms with E-state index in [-0.39, 0.29) is 23.2 Å². The molecule has 0 atom stereocenters. The van der Waals surface area contributed by atoms with Crippen molar-refractivity contribution in [3.05, 3.63) is 87.4 Å². The van der Waals surface area contributed by atoms with Crippen molar-refractivity contribution in [3.63, 3.8) is 0 Å². The van der Waals surface area contributed by atoms with Crippen molar-refractivity contribution >= 4 is 45.8 Å². The van der Waals surface area contributed by atoms with Gasteiger partial charge < -0.3 is 10.6 Å². The normalized spacial score (nSPS) is 10.8. The third-order valence-electron chi connectivity index (χ3n) is 5.10. The molecule has 0 spiro atoms. The summed E-state index contributed by atoms with van der Waals surface area (Å²) in [6.07, 6.45) is 0. The molecule has 4 aromatic rings. The predicted molar refractivity (Wildman–Crippen MR) is 131 cm³/mol. The summed E-state index contributed by atoms with van der Waals surface area (Å²) in [6.45, 7) is 2.93. The molecule has 0 aliphatic rings. The Balaban J connectivity index is 1.81. The van der Waals surface area contributed by atoms with Crippen LogP contribution in [0, 0.1) is 12.7 Å². The van der Waals surface area contributed by atoms with Crippen LogP contribution in [0.2, 0.25) is 5.02 Å². The number of rotatable bonds is 5. The Morgan fingerprint density at radius 1 is 1.06 bits per heavy atom. The lowest BCUT2D eigenvalue weighted by molar-refractivity contribution is -0.117. The lowest BCUT2D eigenvalue weighted by atomic mass is 10.1. The molecule has 0 aliphatic heterocycles. The number of nitrogens with zero attached hydrogens (tertiary/aromatic N) is 2. The highest BCUT2D eigenvalue weighted by Crippen LogP contribution is 2.27. The van der Waals surface area contributed by atoms with Crippen LogP contribution < -0.4 is 16.2 Å². The number of halogens is 2. The second-order valence-electron chi connectivity index (χ2n) is 7.75. The highest BCUT2D eigenvalue weighted by molar-refractivity contribution is 6.31. The van der Waals surface area contributed by atoms with Gasteiger partial charge in [-0.25, -0.2) is 9.37 Å². The molecule has 1 aromatic heterocycles. The van der Waals surface area contributed by atoms with Crippen LogP contribution in [0.15, 0.2) is 65.5 Å². The fourth-order valence-electron chi connectivity index (χ4n) is 3.60. The van der Waals surface area contributed by atoms with E-state index in [1.165, 1.54) is 23.6 Å². The molecule has 0 unspecified atom stereocenters. The minimum atomic E-state index is -0.603. The number of aromatic nitrogens is 2. The number of para-hydroxylation sites is 2. The number of amides is 2. The van der Waals surface area contributed by atoms with Crippen LogP contribution in [0.4, 0.5) is 15.8 Å². The summed E-state index contributed by atoms with van der Waals surface area (Å²) < 4.78 is 14.8. The van der Waals surface area contributed by atoms with Gasteiger partial charge >= 0.3 is 0 Å². The topological polar surface area (TPSA) is 93.1 Å². The number of fused-ring (bicyclic) bond motifs is 1. The van der Waals surface area contributed by atoms with E-state index in [4.69, 9.17) is 11.6 Å². The first-order valence-corrected chi connectivity index (χ1v) is 10.7. The first kappa shape index (κ1) is 23.1. The molecule has 1 heterocycles. The fraction of sp³-hybridized carbons (Fsp3) is 0.120. The van der Waals surface area contributed by atoms with Gasteiger partial charge in [-0.2, -0.15) is 0 Å². The molecule has 0 saturated carbocycles. The average Bonchev–Trinajstić information content (AvgIpc) is 2.79. The zero-order valence-electron chi connectivity index (χ0n) is 18.4. The molecule has 0 bridgehead atoms. The Bertz CT molecular complexity index is 1500. The standard InChI is InChI=1S/C25H20ClFN4O3/c1-14-7-10-20(28-15(2)32)17(11-14)24-25(34)31(22-6-4-3-5-21(22)30-24)13-23(33)29-16-8-9-19(27)18(26)12-16/h3-12H,13H2,1-2H3,(H,28,32)(H,29,33). The van der Waals surface area contributed by atoms with E-state index < -0.39 is 17.3 Å². The number of aryl methyl sites for hydroxylation is 1. The monoisotopic (exact) mass is 478 g/mol. The van der Waals surface area contributed by atoms with Crippen molar-refractivity contribution in [1.82, 2.24) is 9.55 Å². The minimum Gasteiger partial charge on any atom is -0.326 e. The summed E-state index contributed by atoms with van der Waals surface area (Å²) in [5, 5.41) is 5.23. The molecule has 2 N–H and O–H groups in total. The van der Waals surface area contributed by atoms with Crippen LogP contribution in [0.3, 0.4) is 0 Å². The summed E-state index contributed by atoms with van der Waals surface area (Å²) in [5.74, 6) is -1.39. The van der Waals surface area contributed by atoms with Gasteiger partial charge in [-0.1, -0.05) is 35.4 Å². The van der Waals surface area contributed by atoms with E-state index in [2.05, 4.69) is 15.6 Å². The molecule has 0 fully saturated rings. The van der Waals surface area contributed by atoms with Crippen molar-refractivity contribution in [2.45, 2.75) is 20.4 Å². The van der Waals surface area contributed by atoms with Crippen LogP contribution in [-0.4, -0.2) is 21.4 Å². The number of hydrogen-bond acceptors (Lipinski definition) is 4. The lowest BCUT2D eigenvalue weighted by Gasteiger charge is -2.15. The van der Waals surface area contributed by atoms with Crippen molar-refractivity contribution in [3.8, 4) is 11.3 Å². The quantitative estimate of drug-likeness (QED) is 0.432. The molecule has 9 heteroatoms. The van der Waals surface area contributed by atoms with E-state index in [1.54, 1.807) is 36.4 Å². The third-order valence-corrected chi connectivity index (χ3v) is 5.39. The summed E-state index contributed by atoms with van der Waals surface area (Å²) in [4.78, 5) is 42.6. The van der Waals surface area contributed by atoms with Gasteiger partial charge in [0.2, 0.25) is 11.8 Å². The average molecular weight is 479 g/mol. The van der Waals surface area contributed by atoms with Gasteiger partial charge in [0.15, 0.2) is 0 Å². The van der Waals surface area contributed by atoms with Crippen molar-refractivity contribution in [1.29, 1.82) is 0 Å². The van der Waals surface area contributed by atoms with E-state index in [9.17, 15) is 18.8 Å². The van der Waals surface area contributed by atoms with Gasteiger partial charge in [-0.05, 0) is 49.4 Å². The van der Waals surface area contributed by atoms with Crippen LogP contribution in [-0.2, 0) is 16.1 Å². The molecule has 4 rings (SSSR count). The summed E-state index contributed by atoms with van der Waals surface area (Å²) in [7, 11) is 0. The Morgan fingerprint density at radius 2 is 1.82 bits per heavy atom. The predicted octanol–water partition coefficient (Wildman–Crippen LogP) is 4.76. The summed E-state index contributed by atoms with van der Waals surface area (Å²) in [5.41, 5.74) is 2.64. The van der Waals surface area contributed by atoms with Crippen molar-refractivity contribution < 1.29 is 14.0 Å². The summed E-state index contributed by atoms with van der Waals surface area (Å²) in [6, 6.07) is 16.0. The maximum absolute atomic E-state index is 13.6. The zero-order valence-corrected chi connectivity index (χ0v) is 19.1. The molecule has 34 heavy (non-hydrogen) atoms. The van der Waals surface area contributed by atoms with Crippen LogP contribution in [0.5, 0.6) is 0 Å². The number of nitrogens with one attached hydrogen (secondary N) is 2. The second-order valence-corrected chi connectivity index (χ2v) is 8.15. The van der Waals surface area contributed by atoms with E-state index in [0.717, 1.165) is 11.6 Å². The van der Waals surface area contributed by atoms with E-state index in [0.29, 0.717) is 28.0 Å². The van der Waals surface area contributed by atoms with Crippen LogP contribution in [0.25, 0.3) is 22.3 Å². The molecular formula is C25H20ClFN4O3. The molecule has 3 aromatic carbocycles. The first-order chi connectivity index (χ1) is 16.2. The minimum absolute atomic E-state index is 0.101. The fourth-order valence-corrected chi connectivity index (χ4v) is 3.78. The van der Waals surface area contributed by atoms with Gasteiger partial charge in [0.1, 0.15) is 18.1 Å². The Kier molecular flexibility index (Phi) is 6.43. The number of carbonyl (C=O) groups is 2. The van der Waals surface area contributed by atoms with Gasteiger partial charge in [-0.15, -0.1) is 0 Å². The van der Waals surface area contributed by atoms with Crippen LogP contribution >= 0.6 is 11.6 Å². The number of anilines is 2. The maximum atomic E-state index is 13.6. The summed E-state index contributed by atoms with van der Waals surface area (Å²) >= 11 is 5.79. The largest absolute Gasteiger partial charge is 0.326 e. The number of benzene rings is 3. The molecule has 172 valence electrons. The SMILES string of the molecule is CC(=O)Nc1ccc(C)cc1-c1nc2ccccc2n(CC(=O)Nc2ccc(F)c(Cl)c2)c1=O. The highest BCUT2D eigenvalue weighted by Gasteiger charge is 2.18. The molecule has 0 radical (unpaired) electrons. The van der Waals surface area contributed by atoms with Gasteiger partial charge in [-0.3, -0.25) is 19.0 Å². The number of hydrogen-bond donors (Lipinski definition) is 2. The Labute approximate surface area is 199 Å². The zero-order chi connectivity index (χ0) is 24.4. The molecule has 0 saturated heterocycles. The van der Waals surface area contributed by atoms with E-state index in [1.807, 2.05) is 13.0 Å². The van der Waals surface area contributed by atoms with Gasteiger partial charge in [0.05, 0.1) is 21.7 Å². The third kappa shape index (κ3) is 4.82. The molecule has 2 amide bonds. The Morgan fingerprint density at radius 3 is 2.56 bits per heavy atom. The number of carbonyl (C=O) groups excluding carboxylic acids is 2. The molecular weight excluding hydrogens is 459 g/mol. The molecule has 0 aliphatic carbocycles.